The molecule has 1 aliphatic rings. The third-order valence-corrected chi connectivity index (χ3v) is 5.77. The van der Waals surface area contributed by atoms with Crippen molar-refractivity contribution in [1.29, 1.82) is 0 Å². The predicted molar refractivity (Wildman–Crippen MR) is 126 cm³/mol. The fourth-order valence-corrected chi connectivity index (χ4v) is 3.93. The summed E-state index contributed by atoms with van der Waals surface area (Å²) in [7, 11) is 3.46. The number of likely N-dealkylation sites (tertiary alicyclic amines) is 1. The van der Waals surface area contributed by atoms with Crippen molar-refractivity contribution in [3.63, 3.8) is 0 Å². The Bertz CT molecular complexity index is 872. The number of ether oxygens (including phenoxy) is 1. The molecule has 3 N–H and O–H groups in total. The molecule has 174 valence electrons. The molecule has 1 amide bonds. The molecule has 1 aromatic carbocycles. The predicted octanol–water partition coefficient (Wildman–Crippen LogP) is 2.72. The number of methoxy groups -OCH3 is 1. The summed E-state index contributed by atoms with van der Waals surface area (Å²) in [6.07, 6.45) is 4.79. The first-order chi connectivity index (χ1) is 15.6. The number of hydrogen-bond acceptors (Lipinski definition) is 5. The number of nitrogens with one attached hydrogen (secondary N) is 3. The van der Waals surface area contributed by atoms with E-state index in [1.807, 2.05) is 19.1 Å². The van der Waals surface area contributed by atoms with Crippen LogP contribution in [0.5, 0.6) is 5.75 Å². The van der Waals surface area contributed by atoms with Gasteiger partial charge in [0.05, 0.1) is 19.4 Å². The molecular weight excluding hydrogens is 406 g/mol. The summed E-state index contributed by atoms with van der Waals surface area (Å²) in [5.74, 6) is 1.83. The SMILES string of the molecule is CN=C(NCCCNC(=O)c1occc1C)NCC(c1ccc(OC)cc1)N1CCCC1. The molecule has 8 nitrogen and oxygen atoms in total. The quantitative estimate of drug-likeness (QED) is 0.298. The number of aliphatic imine (C=N–C) groups is 1. The minimum Gasteiger partial charge on any atom is -0.497 e. The minimum atomic E-state index is -0.178. The summed E-state index contributed by atoms with van der Waals surface area (Å²) in [5, 5.41) is 9.68. The maximum Gasteiger partial charge on any atom is 0.287 e. The summed E-state index contributed by atoms with van der Waals surface area (Å²) in [4.78, 5) is 19.0. The maximum atomic E-state index is 12.1. The van der Waals surface area contributed by atoms with Gasteiger partial charge in [-0.15, -0.1) is 0 Å². The molecule has 1 fully saturated rings. The van der Waals surface area contributed by atoms with Crippen LogP contribution in [0.4, 0.5) is 0 Å². The van der Waals surface area contributed by atoms with E-state index >= 15 is 0 Å². The largest absolute Gasteiger partial charge is 0.497 e. The van der Waals surface area contributed by atoms with Crippen molar-refractivity contribution in [2.45, 2.75) is 32.2 Å². The molecule has 1 atom stereocenters. The van der Waals surface area contributed by atoms with Crippen LogP contribution in [0.3, 0.4) is 0 Å². The second-order valence-electron chi connectivity index (χ2n) is 7.95. The Labute approximate surface area is 190 Å². The van der Waals surface area contributed by atoms with E-state index in [2.05, 4.69) is 38.0 Å². The second-order valence-corrected chi connectivity index (χ2v) is 7.95. The van der Waals surface area contributed by atoms with Crippen LogP contribution in [0.1, 0.15) is 47.0 Å². The van der Waals surface area contributed by atoms with Gasteiger partial charge in [0.25, 0.3) is 5.91 Å². The summed E-state index contributed by atoms with van der Waals surface area (Å²) in [6, 6.07) is 10.4. The third kappa shape index (κ3) is 6.50. The summed E-state index contributed by atoms with van der Waals surface area (Å²) in [6.45, 7) is 6.11. The molecule has 3 rings (SSSR count). The first-order valence-electron chi connectivity index (χ1n) is 11.3. The third-order valence-electron chi connectivity index (χ3n) is 5.77. The fourth-order valence-electron chi connectivity index (χ4n) is 3.93. The van der Waals surface area contributed by atoms with Gasteiger partial charge in [0.15, 0.2) is 11.7 Å². The zero-order valence-electron chi connectivity index (χ0n) is 19.3. The van der Waals surface area contributed by atoms with Crippen molar-refractivity contribution in [2.75, 3.05) is 46.9 Å². The normalized spacial score (nSPS) is 15.4. The number of rotatable bonds is 10. The summed E-state index contributed by atoms with van der Waals surface area (Å²) < 4.78 is 10.5. The average Bonchev–Trinajstić information content (AvgIpc) is 3.50. The highest BCUT2D eigenvalue weighted by molar-refractivity contribution is 5.92. The van der Waals surface area contributed by atoms with Gasteiger partial charge in [0.1, 0.15) is 5.75 Å². The lowest BCUT2D eigenvalue weighted by Gasteiger charge is -2.29. The summed E-state index contributed by atoms with van der Waals surface area (Å²) in [5.41, 5.74) is 2.11. The fraction of sp³-hybridized carbons (Fsp3) is 0.500. The summed E-state index contributed by atoms with van der Waals surface area (Å²) >= 11 is 0. The van der Waals surface area contributed by atoms with Crippen LogP contribution in [0.15, 0.2) is 46.0 Å². The molecule has 1 unspecified atom stereocenters. The first kappa shape index (κ1) is 23.7. The van der Waals surface area contributed by atoms with Crippen LogP contribution in [0.25, 0.3) is 0 Å². The molecular formula is C24H35N5O3. The Morgan fingerprint density at radius 3 is 2.47 bits per heavy atom. The monoisotopic (exact) mass is 441 g/mol. The number of aryl methyl sites for hydroxylation is 1. The number of furan rings is 1. The molecule has 8 heteroatoms. The molecule has 1 aromatic heterocycles. The minimum absolute atomic E-state index is 0.178. The zero-order valence-corrected chi connectivity index (χ0v) is 19.3. The number of guanidine groups is 1. The Hall–Kier alpha value is -3.00. The van der Waals surface area contributed by atoms with E-state index in [0.717, 1.165) is 43.3 Å². The molecule has 32 heavy (non-hydrogen) atoms. The van der Waals surface area contributed by atoms with Crippen LogP contribution in [0.2, 0.25) is 0 Å². The molecule has 0 saturated carbocycles. The van der Waals surface area contributed by atoms with Gasteiger partial charge in [-0.3, -0.25) is 14.7 Å². The van der Waals surface area contributed by atoms with Crippen molar-refractivity contribution < 1.29 is 13.9 Å². The van der Waals surface area contributed by atoms with E-state index in [4.69, 9.17) is 9.15 Å². The van der Waals surface area contributed by atoms with Gasteiger partial charge in [-0.25, -0.2) is 0 Å². The lowest BCUT2D eigenvalue weighted by molar-refractivity contribution is 0.0925. The van der Waals surface area contributed by atoms with Crippen molar-refractivity contribution >= 4 is 11.9 Å². The topological polar surface area (TPSA) is 91.1 Å². The highest BCUT2D eigenvalue weighted by Gasteiger charge is 2.23. The van der Waals surface area contributed by atoms with E-state index in [9.17, 15) is 4.79 Å². The van der Waals surface area contributed by atoms with E-state index < -0.39 is 0 Å². The van der Waals surface area contributed by atoms with Gasteiger partial charge in [-0.2, -0.15) is 0 Å². The van der Waals surface area contributed by atoms with Crippen molar-refractivity contribution in [3.8, 4) is 5.75 Å². The molecule has 0 aliphatic carbocycles. The number of carbonyl (C=O) groups is 1. The Morgan fingerprint density at radius 2 is 1.84 bits per heavy atom. The number of nitrogens with zero attached hydrogens (tertiary/aromatic N) is 2. The van der Waals surface area contributed by atoms with Crippen LogP contribution >= 0.6 is 0 Å². The van der Waals surface area contributed by atoms with Crippen LogP contribution < -0.4 is 20.7 Å². The number of carbonyl (C=O) groups excluding carboxylic acids is 1. The first-order valence-corrected chi connectivity index (χ1v) is 11.3. The van der Waals surface area contributed by atoms with E-state index in [0.29, 0.717) is 18.8 Å². The maximum absolute atomic E-state index is 12.1. The van der Waals surface area contributed by atoms with Crippen LogP contribution in [-0.2, 0) is 0 Å². The lowest BCUT2D eigenvalue weighted by Crippen LogP contribution is -2.43. The Morgan fingerprint density at radius 1 is 1.12 bits per heavy atom. The Balaban J connectivity index is 1.44. The van der Waals surface area contributed by atoms with E-state index in [-0.39, 0.29) is 11.9 Å². The molecule has 0 radical (unpaired) electrons. The number of benzene rings is 1. The smallest absolute Gasteiger partial charge is 0.287 e. The molecule has 0 spiro atoms. The van der Waals surface area contributed by atoms with E-state index in [1.165, 1.54) is 24.7 Å². The zero-order chi connectivity index (χ0) is 22.8. The Kier molecular flexibility index (Phi) is 8.98. The van der Waals surface area contributed by atoms with Gasteiger partial charge in [-0.1, -0.05) is 12.1 Å². The van der Waals surface area contributed by atoms with Gasteiger partial charge in [0.2, 0.25) is 0 Å². The standard InChI is InChI=1S/C24H35N5O3/c1-18-11-16-32-22(18)23(30)26-12-6-13-27-24(25-2)28-17-21(29-14-4-5-15-29)19-7-9-20(31-3)10-8-19/h7-11,16,21H,4-6,12-15,17H2,1-3H3,(H,26,30)(H2,25,27,28). The number of hydrogen-bond donors (Lipinski definition) is 3. The highest BCUT2D eigenvalue weighted by atomic mass is 16.5. The van der Waals surface area contributed by atoms with Gasteiger partial charge < -0.3 is 25.1 Å². The molecule has 1 saturated heterocycles. The highest BCUT2D eigenvalue weighted by Crippen LogP contribution is 2.26. The molecule has 1 aliphatic heterocycles. The molecule has 2 aromatic rings. The van der Waals surface area contributed by atoms with Crippen LogP contribution in [0, 0.1) is 6.92 Å². The van der Waals surface area contributed by atoms with Crippen molar-refractivity contribution in [3.05, 3.63) is 53.5 Å². The lowest BCUT2D eigenvalue weighted by atomic mass is 10.1. The van der Waals surface area contributed by atoms with E-state index in [1.54, 1.807) is 20.2 Å². The molecule has 2 heterocycles. The van der Waals surface area contributed by atoms with Gasteiger partial charge >= 0.3 is 0 Å². The number of amides is 1. The van der Waals surface area contributed by atoms with Gasteiger partial charge in [-0.05, 0) is 63.0 Å². The molecule has 0 bridgehead atoms. The van der Waals surface area contributed by atoms with Crippen molar-refractivity contribution in [2.24, 2.45) is 4.99 Å². The average molecular weight is 442 g/mol. The van der Waals surface area contributed by atoms with Crippen LogP contribution in [-0.4, -0.2) is 63.6 Å². The van der Waals surface area contributed by atoms with Crippen molar-refractivity contribution in [1.82, 2.24) is 20.9 Å². The van der Waals surface area contributed by atoms with Gasteiger partial charge in [0, 0.05) is 32.2 Å². The second kappa shape index (κ2) is 12.1.